The number of nitrogens with one attached hydrogen (secondary N) is 1. The van der Waals surface area contributed by atoms with Crippen molar-refractivity contribution in [2.75, 3.05) is 24.0 Å². The van der Waals surface area contributed by atoms with Crippen LogP contribution in [0.5, 0.6) is 5.75 Å². The number of likely N-dealkylation sites (N-methyl/N-ethyl adjacent to an activating group) is 1. The second-order valence-electron chi connectivity index (χ2n) is 8.77. The van der Waals surface area contributed by atoms with Gasteiger partial charge in [-0.25, -0.2) is 8.42 Å². The maximum atomic E-state index is 13.9. The van der Waals surface area contributed by atoms with Crippen molar-refractivity contribution in [1.82, 2.24) is 10.2 Å². The van der Waals surface area contributed by atoms with Crippen LogP contribution in [0.4, 0.5) is 5.69 Å². The molecule has 8 nitrogen and oxygen atoms in total. The Morgan fingerprint density at radius 3 is 2.16 bits per heavy atom. The van der Waals surface area contributed by atoms with Crippen molar-refractivity contribution in [3.63, 3.8) is 0 Å². The van der Waals surface area contributed by atoms with E-state index in [0.29, 0.717) is 24.6 Å². The first kappa shape index (κ1) is 28.7. The van der Waals surface area contributed by atoms with E-state index in [2.05, 4.69) is 5.32 Å². The van der Waals surface area contributed by atoms with E-state index < -0.39 is 28.5 Å². The zero-order valence-corrected chi connectivity index (χ0v) is 23.1. The number of sulfonamides is 1. The summed E-state index contributed by atoms with van der Waals surface area (Å²) >= 11 is 0. The number of anilines is 1. The highest BCUT2D eigenvalue weighted by Crippen LogP contribution is 2.26. The first-order chi connectivity index (χ1) is 18.2. The van der Waals surface area contributed by atoms with Crippen LogP contribution in [0, 0.1) is 6.92 Å². The van der Waals surface area contributed by atoms with Gasteiger partial charge in [-0.2, -0.15) is 0 Å². The number of benzene rings is 3. The third-order valence-corrected chi connectivity index (χ3v) is 7.95. The highest BCUT2D eigenvalue weighted by atomic mass is 32.2. The second-order valence-corrected chi connectivity index (χ2v) is 10.6. The van der Waals surface area contributed by atoms with Gasteiger partial charge in [0, 0.05) is 13.1 Å². The molecule has 0 unspecified atom stereocenters. The number of carbonyl (C=O) groups is 2. The molecule has 0 aromatic heterocycles. The Kier molecular flexibility index (Phi) is 9.90. The average molecular weight is 538 g/mol. The quantitative estimate of drug-likeness (QED) is 0.375. The molecule has 2 amide bonds. The lowest BCUT2D eigenvalue weighted by atomic mass is 10.1. The van der Waals surface area contributed by atoms with Crippen molar-refractivity contribution in [2.45, 2.75) is 45.2 Å². The smallest absolute Gasteiger partial charge is 0.264 e. The van der Waals surface area contributed by atoms with Crippen LogP contribution in [-0.4, -0.2) is 50.9 Å². The topological polar surface area (TPSA) is 96.0 Å². The minimum Gasteiger partial charge on any atom is -0.494 e. The first-order valence-electron chi connectivity index (χ1n) is 12.6. The van der Waals surface area contributed by atoms with Gasteiger partial charge < -0.3 is 15.0 Å². The summed E-state index contributed by atoms with van der Waals surface area (Å²) in [6.45, 7) is 7.80. The molecule has 0 saturated heterocycles. The number of hydrogen-bond acceptors (Lipinski definition) is 5. The standard InChI is InChI=1S/C29H35N3O5S/c1-5-30-29(34)23(4)31(20-24-13-11-10-12-22(24)3)28(33)21-32(25-16-18-26(19-17-25)37-6-2)38(35,36)27-14-8-7-9-15-27/h7-19,23H,5-6,20-21H2,1-4H3,(H,30,34)/t23-/m1/s1. The third-order valence-electron chi connectivity index (χ3n) is 6.17. The lowest BCUT2D eigenvalue weighted by molar-refractivity contribution is -0.139. The largest absolute Gasteiger partial charge is 0.494 e. The van der Waals surface area contributed by atoms with Crippen molar-refractivity contribution in [1.29, 1.82) is 0 Å². The van der Waals surface area contributed by atoms with Crippen LogP contribution < -0.4 is 14.4 Å². The number of rotatable bonds is 12. The fourth-order valence-corrected chi connectivity index (χ4v) is 5.43. The summed E-state index contributed by atoms with van der Waals surface area (Å²) in [7, 11) is -4.10. The Hall–Kier alpha value is -3.85. The minimum absolute atomic E-state index is 0.0592. The molecule has 1 atom stereocenters. The molecule has 9 heteroatoms. The summed E-state index contributed by atoms with van der Waals surface area (Å²) in [6, 6.07) is 21.3. The second kappa shape index (κ2) is 13.1. The lowest BCUT2D eigenvalue weighted by Crippen LogP contribution is -2.51. The van der Waals surface area contributed by atoms with Crippen LogP contribution >= 0.6 is 0 Å². The number of aryl methyl sites for hydroxylation is 1. The van der Waals surface area contributed by atoms with Gasteiger partial charge in [-0.1, -0.05) is 42.5 Å². The van der Waals surface area contributed by atoms with Gasteiger partial charge in [0.2, 0.25) is 11.8 Å². The van der Waals surface area contributed by atoms with Crippen molar-refractivity contribution in [3.05, 3.63) is 90.0 Å². The summed E-state index contributed by atoms with van der Waals surface area (Å²) in [6.07, 6.45) is 0. The van der Waals surface area contributed by atoms with Gasteiger partial charge in [0.15, 0.2) is 0 Å². The van der Waals surface area contributed by atoms with Gasteiger partial charge in [-0.3, -0.25) is 13.9 Å². The predicted molar refractivity (Wildman–Crippen MR) is 148 cm³/mol. The third kappa shape index (κ3) is 6.92. The molecule has 0 bridgehead atoms. The van der Waals surface area contributed by atoms with Gasteiger partial charge in [0.05, 0.1) is 17.2 Å². The highest BCUT2D eigenvalue weighted by molar-refractivity contribution is 7.92. The molecule has 38 heavy (non-hydrogen) atoms. The Bertz CT molecular complexity index is 1330. The molecular formula is C29H35N3O5S. The SMILES string of the molecule is CCNC(=O)[C@@H](C)N(Cc1ccccc1C)C(=O)CN(c1ccc(OCC)cc1)S(=O)(=O)c1ccccc1. The fraction of sp³-hybridized carbons (Fsp3) is 0.310. The van der Waals surface area contributed by atoms with Crippen LogP contribution in [0.1, 0.15) is 31.9 Å². The summed E-state index contributed by atoms with van der Waals surface area (Å²) in [5, 5.41) is 2.76. The molecule has 1 N–H and O–H groups in total. The van der Waals surface area contributed by atoms with Gasteiger partial charge in [0.25, 0.3) is 10.0 Å². The molecule has 0 aliphatic heterocycles. The molecule has 0 spiro atoms. The molecular weight excluding hydrogens is 502 g/mol. The van der Waals surface area contributed by atoms with Crippen molar-refractivity contribution >= 4 is 27.5 Å². The van der Waals surface area contributed by atoms with E-state index in [1.807, 2.05) is 38.1 Å². The van der Waals surface area contributed by atoms with Crippen molar-refractivity contribution < 1.29 is 22.7 Å². The minimum atomic E-state index is -4.10. The van der Waals surface area contributed by atoms with Crippen LogP contribution in [0.25, 0.3) is 0 Å². The van der Waals surface area contributed by atoms with Crippen LogP contribution in [-0.2, 0) is 26.2 Å². The zero-order chi connectivity index (χ0) is 27.7. The summed E-state index contributed by atoms with van der Waals surface area (Å²) in [5.74, 6) is -0.223. The van der Waals surface area contributed by atoms with E-state index in [1.54, 1.807) is 56.3 Å². The molecule has 0 fully saturated rings. The maximum absolute atomic E-state index is 13.9. The Morgan fingerprint density at radius 2 is 1.55 bits per heavy atom. The Morgan fingerprint density at radius 1 is 0.921 bits per heavy atom. The summed E-state index contributed by atoms with van der Waals surface area (Å²) in [4.78, 5) is 28.1. The van der Waals surface area contributed by atoms with Crippen molar-refractivity contribution in [3.8, 4) is 5.75 Å². The maximum Gasteiger partial charge on any atom is 0.264 e. The van der Waals surface area contributed by atoms with E-state index in [4.69, 9.17) is 4.74 Å². The van der Waals surface area contributed by atoms with Crippen LogP contribution in [0.3, 0.4) is 0 Å². The molecule has 0 saturated carbocycles. The lowest BCUT2D eigenvalue weighted by Gasteiger charge is -2.32. The van der Waals surface area contributed by atoms with Crippen LogP contribution in [0.2, 0.25) is 0 Å². The molecule has 0 radical (unpaired) electrons. The monoisotopic (exact) mass is 537 g/mol. The first-order valence-corrected chi connectivity index (χ1v) is 14.0. The number of hydrogen-bond donors (Lipinski definition) is 1. The molecule has 3 rings (SSSR count). The van der Waals surface area contributed by atoms with E-state index >= 15 is 0 Å². The van der Waals surface area contributed by atoms with E-state index in [9.17, 15) is 18.0 Å². The Balaban J connectivity index is 2.02. The molecule has 3 aromatic rings. The molecule has 3 aromatic carbocycles. The molecule has 0 heterocycles. The zero-order valence-electron chi connectivity index (χ0n) is 22.3. The Labute approximate surface area is 225 Å². The normalized spacial score (nSPS) is 11.9. The number of nitrogens with zero attached hydrogens (tertiary/aromatic N) is 2. The number of ether oxygens (including phenoxy) is 1. The van der Waals surface area contributed by atoms with Gasteiger partial charge in [-0.15, -0.1) is 0 Å². The van der Waals surface area contributed by atoms with E-state index in [1.165, 1.54) is 17.0 Å². The number of amides is 2. The fourth-order valence-electron chi connectivity index (χ4n) is 4.00. The summed E-state index contributed by atoms with van der Waals surface area (Å²) in [5.41, 5.74) is 2.15. The van der Waals surface area contributed by atoms with Crippen LogP contribution in [0.15, 0.2) is 83.8 Å². The van der Waals surface area contributed by atoms with E-state index in [-0.39, 0.29) is 17.3 Å². The highest BCUT2D eigenvalue weighted by Gasteiger charge is 2.32. The molecule has 202 valence electrons. The number of carbonyl (C=O) groups excluding carboxylic acids is 2. The predicted octanol–water partition coefficient (Wildman–Crippen LogP) is 4.14. The molecule has 0 aliphatic carbocycles. The van der Waals surface area contributed by atoms with Gasteiger partial charge in [-0.05, 0) is 75.2 Å². The van der Waals surface area contributed by atoms with Gasteiger partial charge >= 0.3 is 0 Å². The van der Waals surface area contributed by atoms with Gasteiger partial charge in [0.1, 0.15) is 18.3 Å². The average Bonchev–Trinajstić information content (AvgIpc) is 2.92. The van der Waals surface area contributed by atoms with Crippen molar-refractivity contribution in [2.24, 2.45) is 0 Å². The summed E-state index contributed by atoms with van der Waals surface area (Å²) < 4.78 is 34.1. The molecule has 0 aliphatic rings. The van der Waals surface area contributed by atoms with E-state index in [0.717, 1.165) is 15.4 Å².